The van der Waals surface area contributed by atoms with Gasteiger partial charge in [0.1, 0.15) is 17.4 Å². The van der Waals surface area contributed by atoms with Gasteiger partial charge < -0.3 is 14.1 Å². The van der Waals surface area contributed by atoms with Gasteiger partial charge in [-0.05, 0) is 89.8 Å². The number of rotatable bonds is 6. The van der Waals surface area contributed by atoms with E-state index < -0.39 is 0 Å². The molecule has 260 valence electrons. The fourth-order valence-electron chi connectivity index (χ4n) is 10.2. The van der Waals surface area contributed by atoms with E-state index in [4.69, 9.17) is 9.15 Å². The van der Waals surface area contributed by atoms with Crippen LogP contribution in [-0.2, 0) is 5.41 Å². The van der Waals surface area contributed by atoms with E-state index in [1.54, 1.807) is 0 Å². The van der Waals surface area contributed by atoms with E-state index in [-0.39, 0.29) is 11.5 Å². The quantitative estimate of drug-likeness (QED) is 0.165. The van der Waals surface area contributed by atoms with Gasteiger partial charge >= 0.3 is 0 Å². The molecule has 5 aliphatic carbocycles. The number of anilines is 2. The Hall–Kier alpha value is -6.24. The molecule has 0 amide bonds. The van der Waals surface area contributed by atoms with Crippen LogP contribution < -0.4 is 9.64 Å². The fraction of sp³-hybridized carbons (Fsp3) is 0.176. The molecule has 4 unspecified atom stereocenters. The molecule has 0 bridgehead atoms. The van der Waals surface area contributed by atoms with Crippen LogP contribution in [0.15, 0.2) is 173 Å². The lowest BCUT2D eigenvalue weighted by atomic mass is 9.62. The van der Waals surface area contributed by atoms with Crippen molar-refractivity contribution in [1.29, 1.82) is 0 Å². The van der Waals surface area contributed by atoms with Crippen LogP contribution in [0.4, 0.5) is 11.4 Å². The van der Waals surface area contributed by atoms with Gasteiger partial charge in [0.15, 0.2) is 5.76 Å². The highest BCUT2D eigenvalue weighted by Crippen LogP contribution is 2.63. The minimum Gasteiger partial charge on any atom is -0.485 e. The molecule has 0 saturated carbocycles. The number of hydrogen-bond acceptors (Lipinski definition) is 3. The Morgan fingerprint density at radius 2 is 1.69 bits per heavy atom. The molecule has 3 nitrogen and oxygen atoms in total. The van der Waals surface area contributed by atoms with Gasteiger partial charge in [0.05, 0.1) is 11.1 Å². The Morgan fingerprint density at radius 1 is 0.815 bits per heavy atom. The number of allylic oxidation sites excluding steroid dienone is 11. The second kappa shape index (κ2) is 12.4. The Kier molecular flexibility index (Phi) is 7.20. The highest BCUT2D eigenvalue weighted by molar-refractivity contribution is 6.02. The van der Waals surface area contributed by atoms with Crippen molar-refractivity contribution in [2.45, 2.75) is 49.5 Å². The van der Waals surface area contributed by atoms with E-state index in [1.165, 1.54) is 39.1 Å². The molecule has 1 aromatic heterocycles. The molecule has 0 N–H and O–H groups in total. The van der Waals surface area contributed by atoms with Gasteiger partial charge in [-0.1, -0.05) is 127 Å². The summed E-state index contributed by atoms with van der Waals surface area (Å²) in [6.45, 7) is 0. The highest BCUT2D eigenvalue weighted by atomic mass is 16.5. The normalized spacial score (nSPS) is 24.0. The van der Waals surface area contributed by atoms with Crippen molar-refractivity contribution in [2.24, 2.45) is 5.92 Å². The summed E-state index contributed by atoms with van der Waals surface area (Å²) in [7, 11) is 0. The van der Waals surface area contributed by atoms with Crippen LogP contribution in [0.3, 0.4) is 0 Å². The van der Waals surface area contributed by atoms with Crippen LogP contribution in [0, 0.1) is 17.8 Å². The lowest BCUT2D eigenvalue weighted by molar-refractivity contribution is 0.272. The third kappa shape index (κ3) is 4.69. The van der Waals surface area contributed by atoms with E-state index >= 15 is 0 Å². The zero-order chi connectivity index (χ0) is 35.6. The minimum atomic E-state index is -0.355. The van der Waals surface area contributed by atoms with E-state index in [2.05, 4.69) is 175 Å². The fourth-order valence-corrected chi connectivity index (χ4v) is 10.2. The van der Waals surface area contributed by atoms with E-state index in [0.29, 0.717) is 18.3 Å². The molecule has 54 heavy (non-hydrogen) atoms. The van der Waals surface area contributed by atoms with Crippen LogP contribution in [-0.4, -0.2) is 6.10 Å². The first kappa shape index (κ1) is 31.3. The number of para-hydroxylation sites is 2. The van der Waals surface area contributed by atoms with Crippen molar-refractivity contribution in [3.63, 3.8) is 0 Å². The van der Waals surface area contributed by atoms with Gasteiger partial charge in [-0.15, -0.1) is 0 Å². The number of furan rings is 1. The summed E-state index contributed by atoms with van der Waals surface area (Å²) in [5, 5.41) is 1.08. The SMILES string of the molecule is C1#Cc2oc3cccc(N(C4=CC(C5(CC6C=CC=CC6)C6=CC=CCC6c6ccccc65)=C5c6ccccc6OC5C4)c4ccccc4)c3c2C=CC1. The van der Waals surface area contributed by atoms with Gasteiger partial charge in [0, 0.05) is 52.3 Å². The lowest BCUT2D eigenvalue weighted by Gasteiger charge is -2.42. The predicted molar refractivity (Wildman–Crippen MR) is 220 cm³/mol. The van der Waals surface area contributed by atoms with Crippen molar-refractivity contribution >= 4 is 34.0 Å². The largest absolute Gasteiger partial charge is 0.485 e. The van der Waals surface area contributed by atoms with Gasteiger partial charge in [0.2, 0.25) is 0 Å². The van der Waals surface area contributed by atoms with Crippen LogP contribution in [0.1, 0.15) is 66.0 Å². The Bertz CT molecular complexity index is 2650. The first-order chi connectivity index (χ1) is 26.8. The average molecular weight is 698 g/mol. The topological polar surface area (TPSA) is 25.6 Å². The minimum absolute atomic E-state index is 0.139. The Labute approximate surface area is 316 Å². The van der Waals surface area contributed by atoms with Gasteiger partial charge in [-0.3, -0.25) is 0 Å². The summed E-state index contributed by atoms with van der Waals surface area (Å²) in [6, 6.07) is 35.2. The number of benzene rings is 4. The van der Waals surface area contributed by atoms with E-state index in [9.17, 15) is 0 Å². The van der Waals surface area contributed by atoms with Crippen LogP contribution in [0.2, 0.25) is 0 Å². The molecule has 1 aliphatic heterocycles. The van der Waals surface area contributed by atoms with Crippen molar-refractivity contribution in [3.8, 4) is 17.6 Å². The number of fused-ring (bicyclic) bond motifs is 9. The maximum atomic E-state index is 7.06. The summed E-state index contributed by atoms with van der Waals surface area (Å²) in [4.78, 5) is 2.47. The highest BCUT2D eigenvalue weighted by Gasteiger charge is 2.53. The standard InChI is InChI=1S/C51H39NO2/c1-4-17-34(18-5-1)33-51(41-25-13-10-21-37(41)38-22-11-14-26-42(38)51)43-31-36(32-48-49(43)39-24-12-15-29-45(39)54-48)52(35-19-6-2-7-20-35)44-27-16-30-47-50(44)40-23-8-3-9-28-46(40)53-47/h1-2,4-8,10-17,19-21,23-27,29-31,34,38,48H,3,18,22,32-33H2. The molecule has 5 aromatic rings. The van der Waals surface area contributed by atoms with Crippen LogP contribution in [0.25, 0.3) is 22.6 Å². The molecule has 4 aromatic carbocycles. The molecule has 0 spiro atoms. The van der Waals surface area contributed by atoms with Crippen molar-refractivity contribution in [1.82, 2.24) is 0 Å². The zero-order valence-corrected chi connectivity index (χ0v) is 30.0. The van der Waals surface area contributed by atoms with E-state index in [1.807, 2.05) is 0 Å². The second-order valence-electron chi connectivity index (χ2n) is 15.2. The van der Waals surface area contributed by atoms with Gasteiger partial charge in [0.25, 0.3) is 0 Å². The summed E-state index contributed by atoms with van der Waals surface area (Å²) in [6.07, 6.45) is 27.5. The molecule has 0 fully saturated rings. The van der Waals surface area contributed by atoms with Crippen molar-refractivity contribution < 1.29 is 9.15 Å². The van der Waals surface area contributed by atoms with Crippen LogP contribution >= 0.6 is 0 Å². The van der Waals surface area contributed by atoms with Crippen LogP contribution in [0.5, 0.6) is 5.75 Å². The molecule has 11 rings (SSSR count). The van der Waals surface area contributed by atoms with Crippen molar-refractivity contribution in [3.05, 3.63) is 197 Å². The molecule has 3 heteroatoms. The van der Waals surface area contributed by atoms with E-state index in [0.717, 1.165) is 65.1 Å². The third-order valence-corrected chi connectivity index (χ3v) is 12.3. The van der Waals surface area contributed by atoms with Crippen molar-refractivity contribution in [2.75, 3.05) is 4.90 Å². The summed E-state index contributed by atoms with van der Waals surface area (Å²) >= 11 is 0. The summed E-state index contributed by atoms with van der Waals surface area (Å²) in [5.74, 6) is 8.98. The molecule has 2 heterocycles. The predicted octanol–water partition coefficient (Wildman–Crippen LogP) is 12.3. The lowest BCUT2D eigenvalue weighted by Crippen LogP contribution is -2.36. The first-order valence-corrected chi connectivity index (χ1v) is 19.4. The number of hydrogen-bond donors (Lipinski definition) is 0. The van der Waals surface area contributed by atoms with Gasteiger partial charge in [-0.25, -0.2) is 0 Å². The van der Waals surface area contributed by atoms with Gasteiger partial charge in [-0.2, -0.15) is 0 Å². The maximum absolute atomic E-state index is 7.06. The zero-order valence-electron chi connectivity index (χ0n) is 30.0. The molecule has 4 atom stereocenters. The number of ether oxygens (including phenoxy) is 1. The maximum Gasteiger partial charge on any atom is 0.185 e. The smallest absolute Gasteiger partial charge is 0.185 e. The molecule has 0 saturated heterocycles. The average Bonchev–Trinajstić information content (AvgIpc) is 3.80. The molecule has 0 radical (unpaired) electrons. The Balaban J connectivity index is 1.22. The Morgan fingerprint density at radius 3 is 2.61 bits per heavy atom. The number of nitrogens with zero attached hydrogens (tertiary/aromatic N) is 1. The first-order valence-electron chi connectivity index (χ1n) is 19.4. The monoisotopic (exact) mass is 697 g/mol. The summed E-state index contributed by atoms with van der Waals surface area (Å²) in [5.41, 5.74) is 13.2. The molecular weight excluding hydrogens is 659 g/mol. The summed E-state index contributed by atoms with van der Waals surface area (Å²) < 4.78 is 13.5. The second-order valence-corrected chi connectivity index (χ2v) is 15.2. The molecule has 6 aliphatic rings. The molecular formula is C51H39NO2. The third-order valence-electron chi connectivity index (χ3n) is 12.3.